The Labute approximate surface area is 101 Å². The molecule has 3 rings (SSSR count). The van der Waals surface area contributed by atoms with Gasteiger partial charge in [0.05, 0.1) is 6.04 Å². The molecule has 6 heteroatoms. The molecule has 94 valence electrons. The third kappa shape index (κ3) is 2.14. The van der Waals surface area contributed by atoms with Crippen molar-refractivity contribution in [3.63, 3.8) is 0 Å². The van der Waals surface area contributed by atoms with Crippen LogP contribution in [0, 0.1) is 0 Å². The van der Waals surface area contributed by atoms with Crippen molar-refractivity contribution in [1.29, 1.82) is 0 Å². The van der Waals surface area contributed by atoms with E-state index in [0.717, 1.165) is 26.1 Å². The van der Waals surface area contributed by atoms with Gasteiger partial charge in [-0.25, -0.2) is 0 Å². The summed E-state index contributed by atoms with van der Waals surface area (Å²) in [6, 6.07) is 0.930. The second-order valence-corrected chi connectivity index (χ2v) is 4.87. The van der Waals surface area contributed by atoms with E-state index in [1.807, 2.05) is 0 Å². The fraction of sp³-hybridized carbons (Fsp3) is 0.818. The van der Waals surface area contributed by atoms with Crippen LogP contribution in [-0.2, 0) is 0 Å². The maximum absolute atomic E-state index is 5.53. The monoisotopic (exact) mass is 237 g/mol. The molecule has 0 aliphatic carbocycles. The van der Waals surface area contributed by atoms with Crippen molar-refractivity contribution in [3.05, 3.63) is 5.89 Å². The molecule has 1 aromatic rings. The maximum Gasteiger partial charge on any atom is 0.260 e. The number of nitrogens with two attached hydrogens (primary N) is 1. The van der Waals surface area contributed by atoms with Crippen LogP contribution < -0.4 is 11.1 Å². The van der Waals surface area contributed by atoms with Gasteiger partial charge in [0, 0.05) is 6.04 Å². The van der Waals surface area contributed by atoms with Crippen LogP contribution >= 0.6 is 0 Å². The van der Waals surface area contributed by atoms with Gasteiger partial charge in [0.15, 0.2) is 0 Å². The van der Waals surface area contributed by atoms with Gasteiger partial charge in [-0.3, -0.25) is 4.90 Å². The Morgan fingerprint density at radius 1 is 1.29 bits per heavy atom. The van der Waals surface area contributed by atoms with Gasteiger partial charge in [-0.05, 0) is 50.5 Å². The Bertz CT molecular complexity index is 374. The molecule has 3 N–H and O–H groups in total. The minimum absolute atomic E-state index is 0.247. The predicted molar refractivity (Wildman–Crippen MR) is 63.3 cm³/mol. The van der Waals surface area contributed by atoms with E-state index in [-0.39, 0.29) is 12.0 Å². The molecule has 1 aromatic heterocycles. The Hall–Kier alpha value is -1.14. The van der Waals surface area contributed by atoms with Crippen LogP contribution in [0.4, 0.5) is 5.95 Å². The quantitative estimate of drug-likeness (QED) is 0.781. The number of hydrogen-bond donors (Lipinski definition) is 2. The smallest absolute Gasteiger partial charge is 0.260 e. The highest BCUT2D eigenvalue weighted by atomic mass is 16.5. The zero-order valence-corrected chi connectivity index (χ0v) is 9.93. The van der Waals surface area contributed by atoms with Crippen molar-refractivity contribution < 1.29 is 4.52 Å². The molecule has 0 aromatic carbocycles. The van der Waals surface area contributed by atoms with Crippen molar-refractivity contribution in [2.75, 3.05) is 25.4 Å². The molecule has 1 atom stereocenters. The van der Waals surface area contributed by atoms with Crippen LogP contribution in [0.1, 0.15) is 37.6 Å². The van der Waals surface area contributed by atoms with Gasteiger partial charge >= 0.3 is 0 Å². The first kappa shape index (κ1) is 11.0. The molecule has 2 aliphatic rings. The number of likely N-dealkylation sites (tertiary alicyclic amines) is 1. The van der Waals surface area contributed by atoms with Crippen LogP contribution in [-0.4, -0.2) is 40.7 Å². The third-order valence-corrected chi connectivity index (χ3v) is 3.81. The van der Waals surface area contributed by atoms with Gasteiger partial charge in [-0.2, -0.15) is 4.98 Å². The van der Waals surface area contributed by atoms with Crippen molar-refractivity contribution in [2.24, 2.45) is 0 Å². The summed E-state index contributed by atoms with van der Waals surface area (Å²) < 4.78 is 5.23. The molecule has 6 nitrogen and oxygen atoms in total. The van der Waals surface area contributed by atoms with Crippen molar-refractivity contribution >= 4 is 5.95 Å². The number of aromatic nitrogens is 2. The van der Waals surface area contributed by atoms with E-state index in [1.54, 1.807) is 0 Å². The number of nitrogen functional groups attached to an aromatic ring is 1. The number of piperidine rings is 1. The summed E-state index contributed by atoms with van der Waals surface area (Å²) in [6.45, 7) is 3.36. The van der Waals surface area contributed by atoms with E-state index >= 15 is 0 Å². The zero-order chi connectivity index (χ0) is 11.7. The van der Waals surface area contributed by atoms with Crippen molar-refractivity contribution in [2.45, 2.75) is 37.8 Å². The van der Waals surface area contributed by atoms with E-state index in [0.29, 0.717) is 11.9 Å². The summed E-state index contributed by atoms with van der Waals surface area (Å²) in [5.74, 6) is 0.940. The Kier molecular flexibility index (Phi) is 2.98. The molecule has 0 radical (unpaired) electrons. The second kappa shape index (κ2) is 4.62. The van der Waals surface area contributed by atoms with Crippen LogP contribution in [0.15, 0.2) is 4.52 Å². The van der Waals surface area contributed by atoms with E-state index in [1.165, 1.54) is 19.3 Å². The largest absolute Gasteiger partial charge is 0.365 e. The predicted octanol–water partition coefficient (Wildman–Crippen LogP) is 0.541. The fourth-order valence-corrected chi connectivity index (χ4v) is 3.01. The van der Waals surface area contributed by atoms with E-state index in [9.17, 15) is 0 Å². The fourth-order valence-electron chi connectivity index (χ4n) is 3.01. The molecular formula is C11H19N5O. The second-order valence-electron chi connectivity index (χ2n) is 4.87. The van der Waals surface area contributed by atoms with Gasteiger partial charge in [0.25, 0.3) is 5.95 Å². The summed E-state index contributed by atoms with van der Waals surface area (Å²) in [6.07, 6.45) is 4.72. The van der Waals surface area contributed by atoms with Crippen molar-refractivity contribution in [1.82, 2.24) is 20.4 Å². The molecule has 0 amide bonds. The first-order valence-corrected chi connectivity index (χ1v) is 6.40. The minimum atomic E-state index is 0.247. The molecule has 1 unspecified atom stereocenters. The molecule has 0 spiro atoms. The first-order valence-electron chi connectivity index (χ1n) is 6.40. The summed E-state index contributed by atoms with van der Waals surface area (Å²) in [5.41, 5.74) is 5.53. The molecular weight excluding hydrogens is 218 g/mol. The van der Waals surface area contributed by atoms with Crippen LogP contribution in [0.5, 0.6) is 0 Å². The average molecular weight is 237 g/mol. The Balaban J connectivity index is 1.74. The number of hydrogen-bond acceptors (Lipinski definition) is 6. The minimum Gasteiger partial charge on any atom is -0.365 e. The topological polar surface area (TPSA) is 80.2 Å². The summed E-state index contributed by atoms with van der Waals surface area (Å²) in [7, 11) is 0. The van der Waals surface area contributed by atoms with Gasteiger partial charge < -0.3 is 15.6 Å². The van der Waals surface area contributed by atoms with Crippen LogP contribution in [0.2, 0.25) is 0 Å². The van der Waals surface area contributed by atoms with Crippen LogP contribution in [0.3, 0.4) is 0 Å². The molecule has 3 heterocycles. The highest BCUT2D eigenvalue weighted by Gasteiger charge is 2.35. The van der Waals surface area contributed by atoms with Gasteiger partial charge in [0.1, 0.15) is 0 Å². The number of anilines is 1. The number of nitrogens with zero attached hydrogens (tertiary/aromatic N) is 3. The summed E-state index contributed by atoms with van der Waals surface area (Å²) in [4.78, 5) is 6.70. The maximum atomic E-state index is 5.53. The number of nitrogens with one attached hydrogen (secondary N) is 1. The molecule has 2 fully saturated rings. The van der Waals surface area contributed by atoms with E-state index < -0.39 is 0 Å². The lowest BCUT2D eigenvalue weighted by Crippen LogP contribution is -2.42. The highest BCUT2D eigenvalue weighted by Crippen LogP contribution is 2.34. The summed E-state index contributed by atoms with van der Waals surface area (Å²) in [5, 5.41) is 7.09. The van der Waals surface area contributed by atoms with E-state index in [2.05, 4.69) is 20.4 Å². The lowest BCUT2D eigenvalue weighted by Gasteiger charge is -2.34. The summed E-state index contributed by atoms with van der Waals surface area (Å²) >= 11 is 0. The molecule has 0 saturated carbocycles. The normalized spacial score (nSPS) is 27.6. The first-order chi connectivity index (χ1) is 8.34. The lowest BCUT2D eigenvalue weighted by molar-refractivity contribution is 0.126. The van der Waals surface area contributed by atoms with Gasteiger partial charge in [-0.15, -0.1) is 0 Å². The van der Waals surface area contributed by atoms with E-state index in [4.69, 9.17) is 10.3 Å². The molecule has 0 bridgehead atoms. The molecule has 2 saturated heterocycles. The lowest BCUT2D eigenvalue weighted by atomic mass is 10.0. The Morgan fingerprint density at radius 3 is 2.82 bits per heavy atom. The average Bonchev–Trinajstić information content (AvgIpc) is 2.98. The van der Waals surface area contributed by atoms with Crippen LogP contribution in [0.25, 0.3) is 0 Å². The Morgan fingerprint density at radius 2 is 2.12 bits per heavy atom. The third-order valence-electron chi connectivity index (χ3n) is 3.81. The van der Waals surface area contributed by atoms with Gasteiger partial charge in [0.2, 0.25) is 5.89 Å². The molecule has 17 heavy (non-hydrogen) atoms. The standard InChI is InChI=1S/C11H19N5O/c12-11-14-10(17-15-11)9-2-1-7-16(9)8-3-5-13-6-4-8/h8-9,13H,1-7H2,(H2,12,15). The number of rotatable bonds is 2. The van der Waals surface area contributed by atoms with Gasteiger partial charge in [-0.1, -0.05) is 0 Å². The zero-order valence-electron chi connectivity index (χ0n) is 9.93. The van der Waals surface area contributed by atoms with Crippen molar-refractivity contribution in [3.8, 4) is 0 Å². The highest BCUT2D eigenvalue weighted by molar-refractivity contribution is 5.12. The SMILES string of the molecule is Nc1noc(C2CCCN2C2CCNCC2)n1. The molecule has 2 aliphatic heterocycles.